The van der Waals surface area contributed by atoms with Crippen LogP contribution in [0.25, 0.3) is 0 Å². The molecule has 0 saturated carbocycles. The second-order valence-electron chi connectivity index (χ2n) is 4.08. The van der Waals surface area contributed by atoms with Gasteiger partial charge in [-0.1, -0.05) is 19.1 Å². The summed E-state index contributed by atoms with van der Waals surface area (Å²) in [7, 11) is 1.63. The molecule has 94 valence electrons. The predicted octanol–water partition coefficient (Wildman–Crippen LogP) is 3.74. The first kappa shape index (κ1) is 12.8. The fourth-order valence-corrected chi connectivity index (χ4v) is 2.84. The molecule has 0 bridgehead atoms. The van der Waals surface area contributed by atoms with Crippen LogP contribution in [0.2, 0.25) is 0 Å². The van der Waals surface area contributed by atoms with E-state index >= 15 is 0 Å². The maximum atomic E-state index is 12.2. The topological polar surface area (TPSA) is 26.3 Å². The molecule has 1 aromatic carbocycles. The van der Waals surface area contributed by atoms with Crippen LogP contribution >= 0.6 is 11.3 Å². The van der Waals surface area contributed by atoms with Crippen LogP contribution in [0.5, 0.6) is 5.75 Å². The van der Waals surface area contributed by atoms with Gasteiger partial charge in [-0.15, -0.1) is 11.3 Å². The highest BCUT2D eigenvalue weighted by molar-refractivity contribution is 7.12. The molecule has 0 atom stereocenters. The minimum atomic E-state index is 0.190. The summed E-state index contributed by atoms with van der Waals surface area (Å²) in [6, 6.07) is 9.70. The van der Waals surface area contributed by atoms with Crippen LogP contribution in [0, 0.1) is 0 Å². The molecule has 3 heteroatoms. The molecule has 1 heterocycles. The first-order valence-electron chi connectivity index (χ1n) is 5.97. The van der Waals surface area contributed by atoms with Gasteiger partial charge in [-0.3, -0.25) is 4.79 Å². The number of rotatable bonds is 5. The summed E-state index contributed by atoms with van der Waals surface area (Å²) in [6.45, 7) is 2.07. The lowest BCUT2D eigenvalue weighted by Gasteiger charge is -2.04. The van der Waals surface area contributed by atoms with Gasteiger partial charge in [0.1, 0.15) is 5.75 Å². The van der Waals surface area contributed by atoms with E-state index in [9.17, 15) is 4.79 Å². The van der Waals surface area contributed by atoms with Gasteiger partial charge in [0, 0.05) is 6.42 Å². The predicted molar refractivity (Wildman–Crippen MR) is 74.7 cm³/mol. The van der Waals surface area contributed by atoms with Crippen molar-refractivity contribution in [3.05, 3.63) is 51.7 Å². The average Bonchev–Trinajstić information content (AvgIpc) is 2.87. The zero-order valence-electron chi connectivity index (χ0n) is 10.6. The van der Waals surface area contributed by atoms with Gasteiger partial charge >= 0.3 is 0 Å². The molecule has 0 saturated heterocycles. The highest BCUT2D eigenvalue weighted by Crippen LogP contribution is 2.21. The molecular weight excluding hydrogens is 244 g/mol. The van der Waals surface area contributed by atoms with Crippen LogP contribution < -0.4 is 4.74 Å². The molecule has 2 rings (SSSR count). The fourth-order valence-electron chi connectivity index (χ4n) is 1.91. The fraction of sp³-hybridized carbons (Fsp3) is 0.267. The monoisotopic (exact) mass is 260 g/mol. The molecule has 0 radical (unpaired) electrons. The molecule has 0 aliphatic heterocycles. The van der Waals surface area contributed by atoms with Crippen molar-refractivity contribution < 1.29 is 9.53 Å². The number of methoxy groups -OCH3 is 1. The SMILES string of the molecule is CCc1ccsc1C(=O)Cc1cccc(OC)c1. The first-order chi connectivity index (χ1) is 8.74. The lowest BCUT2D eigenvalue weighted by Crippen LogP contribution is -2.04. The van der Waals surface area contributed by atoms with E-state index in [2.05, 4.69) is 6.92 Å². The van der Waals surface area contributed by atoms with Gasteiger partial charge in [0.15, 0.2) is 5.78 Å². The maximum absolute atomic E-state index is 12.2. The molecule has 0 aliphatic rings. The number of Topliss-reactive ketones (excluding diaryl/α,β-unsaturated/α-hetero) is 1. The number of thiophene rings is 1. The van der Waals surface area contributed by atoms with Crippen LogP contribution in [0.15, 0.2) is 35.7 Å². The average molecular weight is 260 g/mol. The number of carbonyl (C=O) groups is 1. The van der Waals surface area contributed by atoms with E-state index in [1.807, 2.05) is 35.7 Å². The van der Waals surface area contributed by atoms with Crippen molar-refractivity contribution in [2.75, 3.05) is 7.11 Å². The lowest BCUT2D eigenvalue weighted by molar-refractivity contribution is 0.0996. The zero-order valence-corrected chi connectivity index (χ0v) is 11.4. The Balaban J connectivity index is 2.16. The smallest absolute Gasteiger partial charge is 0.177 e. The summed E-state index contributed by atoms with van der Waals surface area (Å²) in [6.07, 6.45) is 1.34. The molecule has 2 aromatic rings. The van der Waals surface area contributed by atoms with E-state index in [-0.39, 0.29) is 5.78 Å². The van der Waals surface area contributed by atoms with Crippen molar-refractivity contribution in [1.82, 2.24) is 0 Å². The van der Waals surface area contributed by atoms with Gasteiger partial charge in [-0.05, 0) is 41.1 Å². The van der Waals surface area contributed by atoms with Crippen molar-refractivity contribution in [1.29, 1.82) is 0 Å². The van der Waals surface area contributed by atoms with Crippen molar-refractivity contribution >= 4 is 17.1 Å². The third-order valence-corrected chi connectivity index (χ3v) is 3.88. The molecule has 0 aliphatic carbocycles. The third-order valence-electron chi connectivity index (χ3n) is 2.88. The van der Waals surface area contributed by atoms with Crippen LogP contribution in [0.3, 0.4) is 0 Å². The van der Waals surface area contributed by atoms with E-state index in [0.29, 0.717) is 6.42 Å². The highest BCUT2D eigenvalue weighted by Gasteiger charge is 2.12. The van der Waals surface area contributed by atoms with E-state index < -0.39 is 0 Å². The molecule has 0 fully saturated rings. The molecule has 1 aromatic heterocycles. The second kappa shape index (κ2) is 5.83. The Kier molecular flexibility index (Phi) is 4.15. The first-order valence-corrected chi connectivity index (χ1v) is 6.85. The third kappa shape index (κ3) is 2.79. The lowest BCUT2D eigenvalue weighted by atomic mass is 10.0. The van der Waals surface area contributed by atoms with Crippen LogP contribution in [0.1, 0.15) is 27.7 Å². The Bertz CT molecular complexity index is 543. The highest BCUT2D eigenvalue weighted by atomic mass is 32.1. The number of hydrogen-bond donors (Lipinski definition) is 0. The minimum absolute atomic E-state index is 0.190. The Morgan fingerprint density at radius 1 is 1.33 bits per heavy atom. The van der Waals surface area contributed by atoms with Gasteiger partial charge in [-0.2, -0.15) is 0 Å². The van der Waals surface area contributed by atoms with Crippen molar-refractivity contribution in [2.24, 2.45) is 0 Å². The summed E-state index contributed by atoms with van der Waals surface area (Å²) in [5.41, 5.74) is 2.14. The van der Waals surface area contributed by atoms with Gasteiger partial charge in [-0.25, -0.2) is 0 Å². The molecule has 2 nitrogen and oxygen atoms in total. The number of carbonyl (C=O) groups excluding carboxylic acids is 1. The second-order valence-corrected chi connectivity index (χ2v) is 5.00. The number of ether oxygens (including phenoxy) is 1. The summed E-state index contributed by atoms with van der Waals surface area (Å²) >= 11 is 1.53. The van der Waals surface area contributed by atoms with Crippen molar-refractivity contribution in [3.63, 3.8) is 0 Å². The van der Waals surface area contributed by atoms with Crippen LogP contribution in [-0.2, 0) is 12.8 Å². The van der Waals surface area contributed by atoms with Crippen LogP contribution in [0.4, 0.5) is 0 Å². The molecular formula is C15H16O2S. The number of hydrogen-bond acceptors (Lipinski definition) is 3. The largest absolute Gasteiger partial charge is 0.497 e. The number of benzene rings is 1. The van der Waals surface area contributed by atoms with Crippen molar-refractivity contribution in [3.8, 4) is 5.75 Å². The molecule has 0 N–H and O–H groups in total. The summed E-state index contributed by atoms with van der Waals surface area (Å²) in [5.74, 6) is 0.984. The van der Waals surface area contributed by atoms with Gasteiger partial charge in [0.05, 0.1) is 12.0 Å². The zero-order chi connectivity index (χ0) is 13.0. The van der Waals surface area contributed by atoms with E-state index in [1.165, 1.54) is 11.3 Å². The van der Waals surface area contributed by atoms with Gasteiger partial charge < -0.3 is 4.74 Å². The Labute approximate surface area is 111 Å². The van der Waals surface area contributed by atoms with Gasteiger partial charge in [0.25, 0.3) is 0 Å². The number of ketones is 1. The maximum Gasteiger partial charge on any atom is 0.177 e. The van der Waals surface area contributed by atoms with Gasteiger partial charge in [0.2, 0.25) is 0 Å². The van der Waals surface area contributed by atoms with E-state index in [4.69, 9.17) is 4.74 Å². The molecule has 0 unspecified atom stereocenters. The standard InChI is InChI=1S/C15H16O2S/c1-3-12-7-8-18-15(12)14(16)10-11-5-4-6-13(9-11)17-2/h4-9H,3,10H2,1-2H3. The number of aryl methyl sites for hydroxylation is 1. The van der Waals surface area contributed by atoms with E-state index in [1.54, 1.807) is 7.11 Å². The summed E-state index contributed by atoms with van der Waals surface area (Å²) < 4.78 is 5.16. The molecule has 0 amide bonds. The molecule has 0 spiro atoms. The summed E-state index contributed by atoms with van der Waals surface area (Å²) in [4.78, 5) is 13.1. The normalized spacial score (nSPS) is 10.3. The minimum Gasteiger partial charge on any atom is -0.497 e. The summed E-state index contributed by atoms with van der Waals surface area (Å²) in [5, 5.41) is 1.98. The van der Waals surface area contributed by atoms with Crippen molar-refractivity contribution in [2.45, 2.75) is 19.8 Å². The Morgan fingerprint density at radius 2 is 2.17 bits per heavy atom. The Hall–Kier alpha value is -1.61. The quantitative estimate of drug-likeness (QED) is 0.765. The molecule has 18 heavy (non-hydrogen) atoms. The Morgan fingerprint density at radius 3 is 2.89 bits per heavy atom. The van der Waals surface area contributed by atoms with E-state index in [0.717, 1.165) is 28.2 Å². The van der Waals surface area contributed by atoms with Crippen LogP contribution in [-0.4, -0.2) is 12.9 Å².